The lowest BCUT2D eigenvalue weighted by Crippen LogP contribution is -2.34. The second-order valence-electron chi connectivity index (χ2n) is 3.37. The van der Waals surface area contributed by atoms with Crippen LogP contribution < -0.4 is 5.32 Å². The van der Waals surface area contributed by atoms with Crippen LogP contribution in [-0.4, -0.2) is 49.8 Å². The van der Waals surface area contributed by atoms with Crippen molar-refractivity contribution in [3.63, 3.8) is 0 Å². The number of hydrogen-bond donors (Lipinski definition) is 2. The Bertz CT molecular complexity index is 96.5. The van der Waals surface area contributed by atoms with Crippen LogP contribution >= 0.6 is 0 Å². The molecule has 3 heteroatoms. The van der Waals surface area contributed by atoms with E-state index in [0.717, 1.165) is 25.9 Å². The molecule has 0 bridgehead atoms. The minimum Gasteiger partial charge on any atom is -0.396 e. The zero-order valence-corrected chi connectivity index (χ0v) is 8.51. The number of aliphatic hydroxyl groups is 1. The lowest BCUT2D eigenvalue weighted by atomic mass is 10.1. The molecule has 0 aromatic heterocycles. The number of hydrogen-bond acceptors (Lipinski definition) is 3. The van der Waals surface area contributed by atoms with Gasteiger partial charge >= 0.3 is 0 Å². The van der Waals surface area contributed by atoms with Gasteiger partial charge in [-0.05, 0) is 26.9 Å². The van der Waals surface area contributed by atoms with Crippen molar-refractivity contribution in [3.05, 3.63) is 0 Å². The van der Waals surface area contributed by atoms with Crippen LogP contribution in [0.25, 0.3) is 0 Å². The monoisotopic (exact) mass is 174 g/mol. The highest BCUT2D eigenvalue weighted by Crippen LogP contribution is 1.95. The van der Waals surface area contributed by atoms with Crippen molar-refractivity contribution >= 4 is 0 Å². The molecule has 12 heavy (non-hydrogen) atoms. The maximum atomic E-state index is 8.73. The van der Waals surface area contributed by atoms with Gasteiger partial charge in [0.15, 0.2) is 0 Å². The molecule has 0 saturated heterocycles. The number of likely N-dealkylation sites (N-methyl/N-ethyl adjacent to an activating group) is 1. The summed E-state index contributed by atoms with van der Waals surface area (Å²) in [5.41, 5.74) is 0. The molecular weight excluding hydrogens is 152 g/mol. The van der Waals surface area contributed by atoms with E-state index in [4.69, 9.17) is 5.11 Å². The van der Waals surface area contributed by atoms with Gasteiger partial charge in [0.25, 0.3) is 0 Å². The highest BCUT2D eigenvalue weighted by atomic mass is 16.3. The molecule has 1 unspecified atom stereocenters. The maximum absolute atomic E-state index is 8.73. The topological polar surface area (TPSA) is 35.5 Å². The molecule has 0 fully saturated rings. The summed E-state index contributed by atoms with van der Waals surface area (Å²) in [6.45, 7) is 4.49. The molecule has 0 aliphatic heterocycles. The van der Waals surface area contributed by atoms with Crippen LogP contribution in [0.2, 0.25) is 0 Å². The van der Waals surface area contributed by atoms with Gasteiger partial charge in [-0.25, -0.2) is 0 Å². The Morgan fingerprint density at radius 2 is 2.08 bits per heavy atom. The molecule has 0 aliphatic carbocycles. The fraction of sp³-hybridized carbons (Fsp3) is 1.00. The Hall–Kier alpha value is -0.120. The number of nitrogens with zero attached hydrogens (tertiary/aromatic N) is 1. The molecule has 2 N–H and O–H groups in total. The van der Waals surface area contributed by atoms with E-state index in [1.165, 1.54) is 0 Å². The quantitative estimate of drug-likeness (QED) is 0.582. The van der Waals surface area contributed by atoms with E-state index in [9.17, 15) is 0 Å². The first-order valence-electron chi connectivity index (χ1n) is 4.69. The summed E-state index contributed by atoms with van der Waals surface area (Å²) in [5, 5.41) is 12.1. The highest BCUT2D eigenvalue weighted by molar-refractivity contribution is 4.64. The van der Waals surface area contributed by atoms with Gasteiger partial charge < -0.3 is 15.3 Å². The second kappa shape index (κ2) is 7.53. The molecule has 0 heterocycles. The Morgan fingerprint density at radius 1 is 1.42 bits per heavy atom. The first-order valence-corrected chi connectivity index (χ1v) is 4.69. The average Bonchev–Trinajstić information content (AvgIpc) is 2.02. The van der Waals surface area contributed by atoms with Crippen molar-refractivity contribution in [3.8, 4) is 0 Å². The van der Waals surface area contributed by atoms with Crippen molar-refractivity contribution in [1.29, 1.82) is 0 Å². The Kier molecular flexibility index (Phi) is 7.45. The van der Waals surface area contributed by atoms with Gasteiger partial charge in [0.05, 0.1) is 0 Å². The van der Waals surface area contributed by atoms with Crippen molar-refractivity contribution in [2.75, 3.05) is 33.8 Å². The Morgan fingerprint density at radius 3 is 2.50 bits per heavy atom. The molecule has 0 amide bonds. The molecule has 74 valence electrons. The third kappa shape index (κ3) is 6.58. The average molecular weight is 174 g/mol. The predicted octanol–water partition coefficient (Wildman–Crippen LogP) is 0.299. The van der Waals surface area contributed by atoms with Crippen LogP contribution in [0.4, 0.5) is 0 Å². The molecule has 0 aromatic rings. The molecule has 3 nitrogen and oxygen atoms in total. The van der Waals surface area contributed by atoms with Gasteiger partial charge in [0.2, 0.25) is 0 Å². The van der Waals surface area contributed by atoms with Crippen molar-refractivity contribution in [1.82, 2.24) is 10.2 Å². The van der Waals surface area contributed by atoms with E-state index < -0.39 is 0 Å². The first-order chi connectivity index (χ1) is 5.70. The second-order valence-corrected chi connectivity index (χ2v) is 3.37. The number of rotatable bonds is 7. The zero-order chi connectivity index (χ0) is 9.40. The summed E-state index contributed by atoms with van der Waals surface area (Å²) >= 11 is 0. The van der Waals surface area contributed by atoms with E-state index >= 15 is 0 Å². The van der Waals surface area contributed by atoms with Crippen LogP contribution in [0.3, 0.4) is 0 Å². The fourth-order valence-corrected chi connectivity index (χ4v) is 1.10. The third-order valence-electron chi connectivity index (χ3n) is 1.96. The van der Waals surface area contributed by atoms with E-state index in [2.05, 4.69) is 31.2 Å². The zero-order valence-electron chi connectivity index (χ0n) is 8.51. The first kappa shape index (κ1) is 11.9. The van der Waals surface area contributed by atoms with Crippen molar-refractivity contribution in [2.45, 2.75) is 25.8 Å². The van der Waals surface area contributed by atoms with Gasteiger partial charge in [-0.2, -0.15) is 0 Å². The standard InChI is InChI=1S/C9H22N2O/c1-4-9(5-8-12)10-6-7-11(2)3/h9-10,12H,4-8H2,1-3H3. The van der Waals surface area contributed by atoms with Crippen molar-refractivity contribution < 1.29 is 5.11 Å². The molecule has 0 aliphatic rings. The van der Waals surface area contributed by atoms with Gasteiger partial charge in [0, 0.05) is 25.7 Å². The molecule has 0 spiro atoms. The van der Waals surface area contributed by atoms with Crippen molar-refractivity contribution in [2.24, 2.45) is 0 Å². The Labute approximate surface area is 75.8 Å². The summed E-state index contributed by atoms with van der Waals surface area (Å²) in [5.74, 6) is 0. The normalized spacial score (nSPS) is 13.8. The third-order valence-corrected chi connectivity index (χ3v) is 1.96. The van der Waals surface area contributed by atoms with Crippen LogP contribution in [0.1, 0.15) is 19.8 Å². The van der Waals surface area contributed by atoms with E-state index in [0.29, 0.717) is 6.04 Å². The lowest BCUT2D eigenvalue weighted by molar-refractivity contribution is 0.259. The lowest BCUT2D eigenvalue weighted by Gasteiger charge is -2.17. The van der Waals surface area contributed by atoms with Gasteiger partial charge in [-0.15, -0.1) is 0 Å². The molecule has 0 radical (unpaired) electrons. The number of nitrogens with one attached hydrogen (secondary N) is 1. The van der Waals surface area contributed by atoms with Gasteiger partial charge in [0.1, 0.15) is 0 Å². The summed E-state index contributed by atoms with van der Waals surface area (Å²) in [4.78, 5) is 2.15. The maximum Gasteiger partial charge on any atom is 0.0445 e. The van der Waals surface area contributed by atoms with Gasteiger partial charge in [-0.3, -0.25) is 0 Å². The Balaban J connectivity index is 3.31. The summed E-state index contributed by atoms with van der Waals surface area (Å²) in [7, 11) is 4.13. The largest absolute Gasteiger partial charge is 0.396 e. The SMILES string of the molecule is CCC(CCO)NCCN(C)C. The summed E-state index contributed by atoms with van der Waals surface area (Å²) in [6, 6.07) is 0.481. The fourth-order valence-electron chi connectivity index (χ4n) is 1.10. The highest BCUT2D eigenvalue weighted by Gasteiger charge is 2.03. The van der Waals surface area contributed by atoms with Crippen LogP contribution in [0, 0.1) is 0 Å². The van der Waals surface area contributed by atoms with Crippen LogP contribution in [0.15, 0.2) is 0 Å². The molecule has 0 aromatic carbocycles. The van der Waals surface area contributed by atoms with E-state index in [1.807, 2.05) is 0 Å². The van der Waals surface area contributed by atoms with Crippen LogP contribution in [-0.2, 0) is 0 Å². The summed E-state index contributed by atoms with van der Waals surface area (Å²) < 4.78 is 0. The minimum atomic E-state index is 0.285. The summed E-state index contributed by atoms with van der Waals surface area (Å²) in [6.07, 6.45) is 1.96. The predicted molar refractivity (Wildman–Crippen MR) is 52.3 cm³/mol. The van der Waals surface area contributed by atoms with E-state index in [1.54, 1.807) is 0 Å². The van der Waals surface area contributed by atoms with E-state index in [-0.39, 0.29) is 6.61 Å². The minimum absolute atomic E-state index is 0.285. The van der Waals surface area contributed by atoms with Crippen LogP contribution in [0.5, 0.6) is 0 Å². The smallest absolute Gasteiger partial charge is 0.0445 e. The number of aliphatic hydroxyl groups excluding tert-OH is 1. The van der Waals surface area contributed by atoms with Gasteiger partial charge in [-0.1, -0.05) is 6.92 Å². The molecule has 0 saturated carbocycles. The molecule has 1 atom stereocenters. The molecular formula is C9H22N2O. The molecule has 0 rings (SSSR count).